The number of H-pyrrole nitrogens is 1. The van der Waals surface area contributed by atoms with Gasteiger partial charge in [0, 0.05) is 13.0 Å². The Morgan fingerprint density at radius 1 is 1.65 bits per heavy atom. The Morgan fingerprint density at radius 2 is 2.41 bits per heavy atom. The van der Waals surface area contributed by atoms with Crippen molar-refractivity contribution in [2.24, 2.45) is 5.73 Å². The topological polar surface area (TPSA) is 123 Å². The van der Waals surface area contributed by atoms with E-state index in [-0.39, 0.29) is 6.61 Å². The van der Waals surface area contributed by atoms with Crippen LogP contribution in [0.4, 0.5) is 0 Å². The van der Waals surface area contributed by atoms with Crippen LogP contribution in [-0.2, 0) is 20.7 Å². The van der Waals surface area contributed by atoms with E-state index in [2.05, 4.69) is 25.2 Å². The van der Waals surface area contributed by atoms with Gasteiger partial charge in [0.25, 0.3) is 0 Å². The zero-order valence-corrected chi connectivity index (χ0v) is 9.47. The van der Waals surface area contributed by atoms with Gasteiger partial charge in [-0.1, -0.05) is 0 Å². The molecule has 0 bridgehead atoms. The van der Waals surface area contributed by atoms with E-state index >= 15 is 0 Å². The van der Waals surface area contributed by atoms with Crippen LogP contribution in [0.3, 0.4) is 0 Å². The van der Waals surface area contributed by atoms with Crippen LogP contribution in [0.5, 0.6) is 0 Å². The third kappa shape index (κ3) is 4.19. The summed E-state index contributed by atoms with van der Waals surface area (Å²) in [5, 5.41) is 8.82. The van der Waals surface area contributed by atoms with Crippen LogP contribution in [0.15, 0.2) is 6.33 Å². The smallest absolute Gasteiger partial charge is 0.332 e. The minimum absolute atomic E-state index is 0.192. The van der Waals surface area contributed by atoms with E-state index in [9.17, 15) is 9.59 Å². The Balaban J connectivity index is 2.27. The molecule has 0 saturated heterocycles. The van der Waals surface area contributed by atoms with Crippen LogP contribution in [-0.4, -0.2) is 46.3 Å². The molecule has 94 valence electrons. The Bertz CT molecular complexity index is 365. The van der Waals surface area contributed by atoms with E-state index in [1.54, 1.807) is 6.92 Å². The summed E-state index contributed by atoms with van der Waals surface area (Å²) >= 11 is 0. The molecule has 4 N–H and O–H groups in total. The first-order valence-electron chi connectivity index (χ1n) is 5.19. The fourth-order valence-electron chi connectivity index (χ4n) is 1.10. The highest BCUT2D eigenvalue weighted by atomic mass is 16.5. The second-order valence-electron chi connectivity index (χ2n) is 3.20. The number of esters is 1. The van der Waals surface area contributed by atoms with Gasteiger partial charge in [-0.15, -0.1) is 0 Å². The first-order valence-corrected chi connectivity index (χ1v) is 5.19. The molecule has 1 unspecified atom stereocenters. The number of hydrogen-bond donors (Lipinski definition) is 3. The summed E-state index contributed by atoms with van der Waals surface area (Å²) < 4.78 is 4.62. The minimum Gasteiger partial charge on any atom is -0.464 e. The van der Waals surface area contributed by atoms with E-state index in [1.807, 2.05) is 0 Å². The van der Waals surface area contributed by atoms with Crippen molar-refractivity contribution in [3.63, 3.8) is 0 Å². The molecule has 8 heteroatoms. The maximum atomic E-state index is 11.4. The first-order chi connectivity index (χ1) is 8.15. The fraction of sp³-hybridized carbons (Fsp3) is 0.556. The standard InChI is InChI=1S/C9H15N5O3/c1-2-17-9(16)7(10)8(15)11-4-3-6-12-5-13-14-6/h5,7H,2-4,10H2,1H3,(H,11,15)(H,12,13,14). The van der Waals surface area contributed by atoms with Gasteiger partial charge in [0.2, 0.25) is 5.91 Å². The van der Waals surface area contributed by atoms with Gasteiger partial charge in [-0.2, -0.15) is 5.10 Å². The molecule has 1 aromatic rings. The van der Waals surface area contributed by atoms with Crippen LogP contribution < -0.4 is 11.1 Å². The Morgan fingerprint density at radius 3 is 3.00 bits per heavy atom. The number of aromatic amines is 1. The van der Waals surface area contributed by atoms with Crippen molar-refractivity contribution in [1.82, 2.24) is 20.5 Å². The van der Waals surface area contributed by atoms with Gasteiger partial charge >= 0.3 is 5.97 Å². The lowest BCUT2D eigenvalue weighted by molar-refractivity contribution is -0.147. The summed E-state index contributed by atoms with van der Waals surface area (Å²) in [5.74, 6) is -0.650. The summed E-state index contributed by atoms with van der Waals surface area (Å²) in [6.45, 7) is 2.16. The average molecular weight is 241 g/mol. The molecule has 0 radical (unpaired) electrons. The summed E-state index contributed by atoms with van der Waals surface area (Å²) in [4.78, 5) is 26.4. The van der Waals surface area contributed by atoms with E-state index in [4.69, 9.17) is 5.73 Å². The van der Waals surface area contributed by atoms with Gasteiger partial charge in [-0.3, -0.25) is 9.89 Å². The molecular formula is C9H15N5O3. The Labute approximate surface area is 97.9 Å². The number of hydrogen-bond acceptors (Lipinski definition) is 6. The molecule has 0 fully saturated rings. The Kier molecular flexibility index (Phi) is 5.08. The molecule has 1 amide bonds. The average Bonchev–Trinajstić information content (AvgIpc) is 2.81. The van der Waals surface area contributed by atoms with Crippen LogP contribution in [0.25, 0.3) is 0 Å². The molecule has 0 aliphatic carbocycles. The lowest BCUT2D eigenvalue weighted by Gasteiger charge is -2.10. The fourth-order valence-corrected chi connectivity index (χ4v) is 1.10. The summed E-state index contributed by atoms with van der Waals surface area (Å²) in [6, 6.07) is -1.29. The summed E-state index contributed by atoms with van der Waals surface area (Å²) in [7, 11) is 0. The molecule has 17 heavy (non-hydrogen) atoms. The van der Waals surface area contributed by atoms with Gasteiger partial charge in [0.1, 0.15) is 12.2 Å². The predicted octanol–water partition coefficient (Wildman–Crippen LogP) is -1.65. The molecule has 1 heterocycles. The maximum absolute atomic E-state index is 11.4. The predicted molar refractivity (Wildman–Crippen MR) is 57.7 cm³/mol. The zero-order valence-electron chi connectivity index (χ0n) is 9.47. The van der Waals surface area contributed by atoms with Crippen molar-refractivity contribution >= 4 is 11.9 Å². The highest BCUT2D eigenvalue weighted by Gasteiger charge is 2.22. The molecule has 1 rings (SSSR count). The van der Waals surface area contributed by atoms with Crippen LogP contribution >= 0.6 is 0 Å². The minimum atomic E-state index is -1.29. The number of ether oxygens (including phenoxy) is 1. The van der Waals surface area contributed by atoms with E-state index in [1.165, 1.54) is 6.33 Å². The van der Waals surface area contributed by atoms with Gasteiger partial charge in [0.05, 0.1) is 6.61 Å². The van der Waals surface area contributed by atoms with Crippen molar-refractivity contribution in [3.05, 3.63) is 12.2 Å². The van der Waals surface area contributed by atoms with Crippen LogP contribution in [0, 0.1) is 0 Å². The molecule has 8 nitrogen and oxygen atoms in total. The highest BCUT2D eigenvalue weighted by molar-refractivity contribution is 6.01. The van der Waals surface area contributed by atoms with E-state index in [0.717, 1.165) is 0 Å². The number of rotatable bonds is 6. The van der Waals surface area contributed by atoms with Gasteiger partial charge in [-0.05, 0) is 6.92 Å². The first kappa shape index (κ1) is 13.1. The van der Waals surface area contributed by atoms with Crippen LogP contribution in [0.2, 0.25) is 0 Å². The van der Waals surface area contributed by atoms with E-state index < -0.39 is 17.9 Å². The van der Waals surface area contributed by atoms with E-state index in [0.29, 0.717) is 18.8 Å². The largest absolute Gasteiger partial charge is 0.464 e. The highest BCUT2D eigenvalue weighted by Crippen LogP contribution is 1.88. The normalized spacial score (nSPS) is 11.9. The number of nitrogens with zero attached hydrogens (tertiary/aromatic N) is 2. The number of carbonyl (C=O) groups excluding carboxylic acids is 2. The second-order valence-corrected chi connectivity index (χ2v) is 3.20. The number of carbonyl (C=O) groups is 2. The molecule has 0 aromatic carbocycles. The lowest BCUT2D eigenvalue weighted by Crippen LogP contribution is -2.47. The van der Waals surface area contributed by atoms with Crippen LogP contribution in [0.1, 0.15) is 12.7 Å². The van der Waals surface area contributed by atoms with Crippen molar-refractivity contribution in [2.45, 2.75) is 19.4 Å². The number of nitrogens with two attached hydrogens (primary N) is 1. The van der Waals surface area contributed by atoms with Crippen molar-refractivity contribution in [1.29, 1.82) is 0 Å². The second kappa shape index (κ2) is 6.59. The van der Waals surface area contributed by atoms with Gasteiger partial charge in [0.15, 0.2) is 6.04 Å². The van der Waals surface area contributed by atoms with Crippen molar-refractivity contribution in [2.75, 3.05) is 13.2 Å². The third-order valence-corrected chi connectivity index (χ3v) is 1.95. The third-order valence-electron chi connectivity index (χ3n) is 1.95. The quantitative estimate of drug-likeness (QED) is 0.405. The molecule has 0 aliphatic heterocycles. The molecule has 0 aliphatic rings. The van der Waals surface area contributed by atoms with Gasteiger partial charge < -0.3 is 15.8 Å². The molecule has 1 aromatic heterocycles. The molecule has 0 spiro atoms. The number of amides is 1. The number of nitrogens with one attached hydrogen (secondary N) is 2. The summed E-state index contributed by atoms with van der Waals surface area (Å²) in [6.07, 6.45) is 1.86. The summed E-state index contributed by atoms with van der Waals surface area (Å²) in [5.41, 5.74) is 5.38. The SMILES string of the molecule is CCOC(=O)C(N)C(=O)NCCc1ncn[nH]1. The molecule has 1 atom stereocenters. The van der Waals surface area contributed by atoms with Crippen molar-refractivity contribution < 1.29 is 14.3 Å². The Hall–Kier alpha value is -1.96. The molecular weight excluding hydrogens is 226 g/mol. The lowest BCUT2D eigenvalue weighted by atomic mass is 10.3. The maximum Gasteiger partial charge on any atom is 0.332 e. The molecule has 0 saturated carbocycles. The monoisotopic (exact) mass is 241 g/mol. The van der Waals surface area contributed by atoms with Gasteiger partial charge in [-0.25, -0.2) is 9.78 Å². The zero-order chi connectivity index (χ0) is 12.7. The number of aromatic nitrogens is 3. The van der Waals surface area contributed by atoms with Crippen molar-refractivity contribution in [3.8, 4) is 0 Å².